The molecule has 0 radical (unpaired) electrons. The number of carbonyl (C=O) groups is 1. The predicted molar refractivity (Wildman–Crippen MR) is 113 cm³/mol. The summed E-state index contributed by atoms with van der Waals surface area (Å²) in [7, 11) is -1.65. The van der Waals surface area contributed by atoms with Crippen LogP contribution in [-0.4, -0.2) is 56.2 Å². The number of rotatable bonds is 8. The Bertz CT molecular complexity index is 949. The Morgan fingerprint density at radius 2 is 2.07 bits per heavy atom. The number of aromatic amines is 1. The summed E-state index contributed by atoms with van der Waals surface area (Å²) in [4.78, 5) is 14.7. The molecule has 0 saturated carbocycles. The average Bonchev–Trinajstić information content (AvgIpc) is 3.05. The predicted octanol–water partition coefficient (Wildman–Crippen LogP) is 2.50. The molecule has 0 unspecified atom stereocenters. The molecular formula is C19H26BrN3O4S. The molecule has 0 aliphatic carbocycles. The Balaban J connectivity index is 1.75. The first-order valence-corrected chi connectivity index (χ1v) is 11.8. The van der Waals surface area contributed by atoms with Crippen molar-refractivity contribution in [3.05, 3.63) is 33.9 Å². The van der Waals surface area contributed by atoms with Crippen LogP contribution in [0.5, 0.6) is 0 Å². The smallest absolute Gasteiger partial charge is 0.221 e. The molecule has 3 N–H and O–H groups in total. The monoisotopic (exact) mass is 471 g/mol. The maximum absolute atomic E-state index is 12.5. The third-order valence-electron chi connectivity index (χ3n) is 5.27. The number of methoxy groups -OCH3 is 1. The molecule has 0 spiro atoms. The molecule has 1 amide bonds. The minimum absolute atomic E-state index is 0.127. The van der Waals surface area contributed by atoms with Crippen LogP contribution >= 0.6 is 15.9 Å². The second kappa shape index (κ2) is 8.94. The highest BCUT2D eigenvalue weighted by atomic mass is 79.9. The van der Waals surface area contributed by atoms with Gasteiger partial charge in [0.15, 0.2) is 0 Å². The van der Waals surface area contributed by atoms with Crippen LogP contribution in [0.1, 0.15) is 36.3 Å². The van der Waals surface area contributed by atoms with Crippen LogP contribution in [0.15, 0.2) is 22.8 Å². The van der Waals surface area contributed by atoms with Crippen LogP contribution in [-0.2, 0) is 26.0 Å². The lowest BCUT2D eigenvalue weighted by molar-refractivity contribution is -0.117. The second-order valence-corrected chi connectivity index (χ2v) is 10.2. The number of H-pyrrole nitrogens is 1. The van der Waals surface area contributed by atoms with Gasteiger partial charge in [-0.1, -0.05) is 15.9 Å². The van der Waals surface area contributed by atoms with Gasteiger partial charge in [-0.05, 0) is 48.4 Å². The molecule has 7 nitrogen and oxygen atoms in total. The van der Waals surface area contributed by atoms with Gasteiger partial charge in [0.05, 0.1) is 12.2 Å². The van der Waals surface area contributed by atoms with Crippen LogP contribution < -0.4 is 5.73 Å². The van der Waals surface area contributed by atoms with Gasteiger partial charge in [0, 0.05) is 48.4 Å². The van der Waals surface area contributed by atoms with Crippen molar-refractivity contribution >= 4 is 42.8 Å². The molecule has 1 aliphatic heterocycles. The minimum Gasteiger partial charge on any atom is -0.385 e. The molecule has 1 aliphatic rings. The number of nitrogens with zero attached hydrogens (tertiary/aromatic N) is 1. The molecule has 1 aromatic heterocycles. The summed E-state index contributed by atoms with van der Waals surface area (Å²) in [6, 6.07) is 3.95. The second-order valence-electron chi connectivity index (χ2n) is 7.21. The van der Waals surface area contributed by atoms with Gasteiger partial charge in [-0.3, -0.25) is 4.79 Å². The molecule has 3 rings (SSSR count). The fourth-order valence-corrected chi connectivity index (χ4v) is 5.93. The van der Waals surface area contributed by atoms with E-state index < -0.39 is 10.0 Å². The number of amides is 1. The number of nitrogens with two attached hydrogens (primary N) is 1. The maximum atomic E-state index is 12.5. The van der Waals surface area contributed by atoms with E-state index in [1.807, 2.05) is 18.3 Å². The Hall–Kier alpha value is -1.42. The van der Waals surface area contributed by atoms with Gasteiger partial charge in [-0.25, -0.2) is 12.7 Å². The highest BCUT2D eigenvalue weighted by Gasteiger charge is 2.29. The lowest BCUT2D eigenvalue weighted by Crippen LogP contribution is -2.39. The largest absolute Gasteiger partial charge is 0.385 e. The number of ether oxygens (including phenoxy) is 1. The highest BCUT2D eigenvalue weighted by molar-refractivity contribution is 9.10. The number of hydrogen-bond donors (Lipinski definition) is 2. The van der Waals surface area contributed by atoms with E-state index in [0.717, 1.165) is 33.8 Å². The Morgan fingerprint density at radius 3 is 2.71 bits per heavy atom. The molecule has 2 heterocycles. The maximum Gasteiger partial charge on any atom is 0.221 e. The summed E-state index contributed by atoms with van der Waals surface area (Å²) in [6.45, 7) is 1.50. The standard InChI is InChI=1S/C19H26BrN3O4S/c1-27-7-2-8-28(25,26)23-5-3-13(4-6-23)17-12-22-19-14(10-18(21)24)9-15(20)11-16(17)19/h9,11-13,22H,2-8,10H2,1H3,(H2,21,24). The van der Waals surface area contributed by atoms with E-state index in [1.54, 1.807) is 11.4 Å². The Morgan fingerprint density at radius 1 is 1.36 bits per heavy atom. The summed E-state index contributed by atoms with van der Waals surface area (Å²) in [5.41, 5.74) is 8.33. The number of halogens is 1. The summed E-state index contributed by atoms with van der Waals surface area (Å²) in [5, 5.41) is 1.06. The first kappa shape index (κ1) is 21.3. The van der Waals surface area contributed by atoms with Gasteiger partial charge in [-0.2, -0.15) is 0 Å². The zero-order chi connectivity index (χ0) is 20.3. The first-order chi connectivity index (χ1) is 13.3. The molecule has 9 heteroatoms. The lowest BCUT2D eigenvalue weighted by Gasteiger charge is -2.31. The van der Waals surface area contributed by atoms with Crippen LogP contribution in [0, 0.1) is 0 Å². The molecule has 0 bridgehead atoms. The lowest BCUT2D eigenvalue weighted by atomic mass is 9.89. The molecule has 0 atom stereocenters. The Kier molecular flexibility index (Phi) is 6.80. The van der Waals surface area contributed by atoms with Crippen LogP contribution in [0.3, 0.4) is 0 Å². The van der Waals surface area contributed by atoms with E-state index in [4.69, 9.17) is 10.5 Å². The van der Waals surface area contributed by atoms with Crippen molar-refractivity contribution < 1.29 is 17.9 Å². The van der Waals surface area contributed by atoms with Gasteiger partial charge in [0.1, 0.15) is 0 Å². The van der Waals surface area contributed by atoms with E-state index >= 15 is 0 Å². The molecule has 2 aromatic rings. The van der Waals surface area contributed by atoms with Gasteiger partial charge in [0.25, 0.3) is 0 Å². The summed E-state index contributed by atoms with van der Waals surface area (Å²) in [5.74, 6) is 0.0274. The molecule has 1 fully saturated rings. The van der Waals surface area contributed by atoms with Crippen molar-refractivity contribution in [2.45, 2.75) is 31.6 Å². The number of primary amides is 1. The van der Waals surface area contributed by atoms with Crippen LogP contribution in [0.2, 0.25) is 0 Å². The van der Waals surface area contributed by atoms with Gasteiger partial charge < -0.3 is 15.5 Å². The molecule has 154 valence electrons. The van der Waals surface area contributed by atoms with E-state index in [1.165, 1.54) is 5.56 Å². The third kappa shape index (κ3) is 4.76. The number of piperidine rings is 1. The molecular weight excluding hydrogens is 446 g/mol. The van der Waals surface area contributed by atoms with Gasteiger partial charge >= 0.3 is 0 Å². The van der Waals surface area contributed by atoms with E-state index in [9.17, 15) is 13.2 Å². The van der Waals surface area contributed by atoms with Crippen molar-refractivity contribution in [3.63, 3.8) is 0 Å². The number of aromatic nitrogens is 1. The average molecular weight is 472 g/mol. The van der Waals surface area contributed by atoms with Crippen molar-refractivity contribution in [1.82, 2.24) is 9.29 Å². The van der Waals surface area contributed by atoms with Crippen LogP contribution in [0.25, 0.3) is 10.9 Å². The number of nitrogens with one attached hydrogen (secondary N) is 1. The zero-order valence-electron chi connectivity index (χ0n) is 15.9. The van der Waals surface area contributed by atoms with Crippen molar-refractivity contribution in [1.29, 1.82) is 0 Å². The number of benzene rings is 1. The number of carbonyl (C=O) groups excluding carboxylic acids is 1. The number of hydrogen-bond acceptors (Lipinski definition) is 4. The van der Waals surface area contributed by atoms with Gasteiger partial charge in [-0.15, -0.1) is 0 Å². The minimum atomic E-state index is -3.23. The van der Waals surface area contributed by atoms with Crippen molar-refractivity contribution in [2.24, 2.45) is 5.73 Å². The SMILES string of the molecule is COCCCS(=O)(=O)N1CCC(c2c[nH]c3c(CC(N)=O)cc(Br)cc23)CC1. The zero-order valence-corrected chi connectivity index (χ0v) is 18.3. The fourth-order valence-electron chi connectivity index (χ4n) is 3.91. The van der Waals surface area contributed by atoms with E-state index in [0.29, 0.717) is 26.1 Å². The summed E-state index contributed by atoms with van der Waals surface area (Å²) >= 11 is 3.52. The van der Waals surface area contributed by atoms with E-state index in [2.05, 4.69) is 20.9 Å². The fraction of sp³-hybridized carbons (Fsp3) is 0.526. The molecule has 28 heavy (non-hydrogen) atoms. The first-order valence-electron chi connectivity index (χ1n) is 9.36. The molecule has 1 aromatic carbocycles. The normalized spacial score (nSPS) is 16.6. The van der Waals surface area contributed by atoms with Crippen molar-refractivity contribution in [3.8, 4) is 0 Å². The number of fused-ring (bicyclic) bond motifs is 1. The topological polar surface area (TPSA) is 105 Å². The summed E-state index contributed by atoms with van der Waals surface area (Å²) < 4.78 is 32.4. The summed E-state index contributed by atoms with van der Waals surface area (Å²) in [6.07, 6.45) is 4.21. The highest BCUT2D eigenvalue weighted by Crippen LogP contribution is 2.36. The van der Waals surface area contributed by atoms with Crippen LogP contribution in [0.4, 0.5) is 0 Å². The van der Waals surface area contributed by atoms with Crippen molar-refractivity contribution in [2.75, 3.05) is 32.6 Å². The third-order valence-corrected chi connectivity index (χ3v) is 7.68. The molecule has 1 saturated heterocycles. The van der Waals surface area contributed by atoms with Gasteiger partial charge in [0.2, 0.25) is 15.9 Å². The Labute approximate surface area is 173 Å². The quantitative estimate of drug-likeness (QED) is 0.576. The number of sulfonamides is 1. The van der Waals surface area contributed by atoms with E-state index in [-0.39, 0.29) is 24.0 Å².